The van der Waals surface area contributed by atoms with Crippen LogP contribution in [0.15, 0.2) is 48.5 Å². The highest BCUT2D eigenvalue weighted by Gasteiger charge is 2.15. The third-order valence-corrected chi connectivity index (χ3v) is 3.44. The normalized spacial score (nSPS) is 10.0. The van der Waals surface area contributed by atoms with Crippen LogP contribution in [0.25, 0.3) is 0 Å². The number of hydrogen-bond donors (Lipinski definition) is 0. The number of methoxy groups -OCH3 is 2. The van der Waals surface area contributed by atoms with E-state index in [4.69, 9.17) is 14.2 Å². The first-order valence-corrected chi connectivity index (χ1v) is 7.31. The highest BCUT2D eigenvalue weighted by atomic mass is 16.5. The third kappa shape index (κ3) is 4.39. The molecule has 0 aliphatic rings. The highest BCUT2D eigenvalue weighted by molar-refractivity contribution is 5.96. The monoisotopic (exact) mass is 315 g/mol. The summed E-state index contributed by atoms with van der Waals surface area (Å²) in [5, 5.41) is 0. The molecule has 1 amide bonds. The maximum Gasteiger partial charge on any atom is 0.257 e. The molecule has 5 heteroatoms. The molecule has 23 heavy (non-hydrogen) atoms. The first kappa shape index (κ1) is 16.7. The van der Waals surface area contributed by atoms with Gasteiger partial charge in [0, 0.05) is 7.05 Å². The van der Waals surface area contributed by atoms with E-state index in [-0.39, 0.29) is 5.91 Å². The lowest BCUT2D eigenvalue weighted by atomic mass is 10.2. The van der Waals surface area contributed by atoms with E-state index in [2.05, 4.69) is 0 Å². The molecule has 2 aromatic rings. The Morgan fingerprint density at radius 2 is 1.61 bits per heavy atom. The predicted octanol–water partition coefficient (Wildman–Crippen LogP) is 2.85. The van der Waals surface area contributed by atoms with Gasteiger partial charge in [-0.3, -0.25) is 4.79 Å². The van der Waals surface area contributed by atoms with Gasteiger partial charge in [-0.15, -0.1) is 0 Å². The van der Waals surface area contributed by atoms with Gasteiger partial charge in [-0.05, 0) is 36.4 Å². The molecule has 122 valence electrons. The molecule has 0 saturated carbocycles. The van der Waals surface area contributed by atoms with Crippen LogP contribution in [0, 0.1) is 0 Å². The summed E-state index contributed by atoms with van der Waals surface area (Å²) in [5.74, 6) is 1.99. The van der Waals surface area contributed by atoms with Gasteiger partial charge < -0.3 is 19.1 Å². The second kappa shape index (κ2) is 8.08. The number of carbonyl (C=O) groups excluding carboxylic acids is 1. The Balaban J connectivity index is 1.88. The van der Waals surface area contributed by atoms with Crippen molar-refractivity contribution >= 4 is 5.91 Å². The van der Waals surface area contributed by atoms with E-state index in [1.54, 1.807) is 38.3 Å². The van der Waals surface area contributed by atoms with E-state index >= 15 is 0 Å². The number of amides is 1. The number of benzene rings is 2. The number of carbonyl (C=O) groups is 1. The molecule has 0 N–H and O–H groups in total. The average molecular weight is 315 g/mol. The summed E-state index contributed by atoms with van der Waals surface area (Å²) < 4.78 is 16.0. The summed E-state index contributed by atoms with van der Waals surface area (Å²) in [7, 11) is 4.92. The molecule has 0 saturated heterocycles. The van der Waals surface area contributed by atoms with Crippen molar-refractivity contribution in [3.63, 3.8) is 0 Å². The van der Waals surface area contributed by atoms with Gasteiger partial charge in [0.1, 0.15) is 23.9 Å². The molecule has 5 nitrogen and oxygen atoms in total. The van der Waals surface area contributed by atoms with Gasteiger partial charge in [-0.1, -0.05) is 12.1 Å². The van der Waals surface area contributed by atoms with Crippen molar-refractivity contribution in [1.29, 1.82) is 0 Å². The Kier molecular flexibility index (Phi) is 5.86. The lowest BCUT2D eigenvalue weighted by Crippen LogP contribution is -2.31. The van der Waals surface area contributed by atoms with Crippen LogP contribution < -0.4 is 14.2 Å². The van der Waals surface area contributed by atoms with E-state index in [0.717, 1.165) is 11.5 Å². The minimum Gasteiger partial charge on any atom is -0.497 e. The van der Waals surface area contributed by atoms with Crippen molar-refractivity contribution in [2.45, 2.75) is 0 Å². The standard InChI is InChI=1S/C18H21NO4/c1-19(18(20)16-6-4-5-7-17(16)22-3)12-13-23-15-10-8-14(21-2)9-11-15/h4-11H,12-13H2,1-3H3. The van der Waals surface area contributed by atoms with Crippen LogP contribution >= 0.6 is 0 Å². The summed E-state index contributed by atoms with van der Waals surface area (Å²) in [6, 6.07) is 14.5. The fourth-order valence-electron chi connectivity index (χ4n) is 2.10. The molecule has 0 aromatic heterocycles. The fourth-order valence-corrected chi connectivity index (χ4v) is 2.10. The molecule has 2 rings (SSSR count). The number of nitrogens with zero attached hydrogens (tertiary/aromatic N) is 1. The number of para-hydroxylation sites is 1. The van der Waals surface area contributed by atoms with Gasteiger partial charge in [-0.25, -0.2) is 0 Å². The van der Waals surface area contributed by atoms with Crippen molar-refractivity contribution in [2.24, 2.45) is 0 Å². The summed E-state index contributed by atoms with van der Waals surface area (Å²) in [6.07, 6.45) is 0. The van der Waals surface area contributed by atoms with Gasteiger partial charge in [0.15, 0.2) is 0 Å². The summed E-state index contributed by atoms with van der Waals surface area (Å²) in [4.78, 5) is 14.0. The number of hydrogen-bond acceptors (Lipinski definition) is 4. The largest absolute Gasteiger partial charge is 0.497 e. The first-order chi connectivity index (χ1) is 11.2. The van der Waals surface area contributed by atoms with E-state index in [1.165, 1.54) is 0 Å². The van der Waals surface area contributed by atoms with Crippen LogP contribution in [0.3, 0.4) is 0 Å². The Labute approximate surface area is 136 Å². The van der Waals surface area contributed by atoms with Gasteiger partial charge in [-0.2, -0.15) is 0 Å². The Hall–Kier alpha value is -2.69. The van der Waals surface area contributed by atoms with E-state index in [1.807, 2.05) is 36.4 Å². The summed E-state index contributed by atoms with van der Waals surface area (Å²) in [6.45, 7) is 0.882. The van der Waals surface area contributed by atoms with E-state index in [0.29, 0.717) is 24.5 Å². The molecule has 0 aliphatic heterocycles. The number of ether oxygens (including phenoxy) is 3. The Bertz CT molecular complexity index is 640. The maximum absolute atomic E-state index is 12.4. The minimum atomic E-state index is -0.0965. The predicted molar refractivity (Wildman–Crippen MR) is 88.4 cm³/mol. The maximum atomic E-state index is 12.4. The van der Waals surface area contributed by atoms with Crippen molar-refractivity contribution in [3.8, 4) is 17.2 Å². The highest BCUT2D eigenvalue weighted by Crippen LogP contribution is 2.19. The fraction of sp³-hybridized carbons (Fsp3) is 0.278. The average Bonchev–Trinajstić information content (AvgIpc) is 2.61. The molecule has 0 bridgehead atoms. The minimum absolute atomic E-state index is 0.0965. The second-order valence-corrected chi connectivity index (χ2v) is 4.95. The van der Waals surface area contributed by atoms with Crippen molar-refractivity contribution < 1.29 is 19.0 Å². The number of rotatable bonds is 7. The number of likely N-dealkylation sites (N-methyl/N-ethyl adjacent to an activating group) is 1. The molecular weight excluding hydrogens is 294 g/mol. The van der Waals surface area contributed by atoms with Crippen molar-refractivity contribution in [2.75, 3.05) is 34.4 Å². The van der Waals surface area contributed by atoms with Crippen LogP contribution in [0.2, 0.25) is 0 Å². The van der Waals surface area contributed by atoms with Crippen LogP contribution in [0.1, 0.15) is 10.4 Å². The SMILES string of the molecule is COc1ccc(OCCN(C)C(=O)c2ccccc2OC)cc1. The molecule has 0 fully saturated rings. The van der Waals surface area contributed by atoms with Gasteiger partial charge in [0.05, 0.1) is 26.3 Å². The molecule has 0 unspecified atom stereocenters. The van der Waals surface area contributed by atoms with Gasteiger partial charge in [0.2, 0.25) is 0 Å². The zero-order chi connectivity index (χ0) is 16.7. The second-order valence-electron chi connectivity index (χ2n) is 4.95. The van der Waals surface area contributed by atoms with Crippen LogP contribution in [0.4, 0.5) is 0 Å². The molecule has 0 spiro atoms. The van der Waals surface area contributed by atoms with Gasteiger partial charge in [0.25, 0.3) is 5.91 Å². The van der Waals surface area contributed by atoms with Crippen LogP contribution in [-0.4, -0.2) is 45.2 Å². The van der Waals surface area contributed by atoms with Crippen molar-refractivity contribution in [1.82, 2.24) is 4.90 Å². The summed E-state index contributed by atoms with van der Waals surface area (Å²) >= 11 is 0. The quantitative estimate of drug-likeness (QED) is 0.788. The summed E-state index contributed by atoms with van der Waals surface area (Å²) in [5.41, 5.74) is 0.543. The topological polar surface area (TPSA) is 48.0 Å². The third-order valence-electron chi connectivity index (χ3n) is 3.44. The zero-order valence-electron chi connectivity index (χ0n) is 13.6. The molecule has 0 radical (unpaired) electrons. The Morgan fingerprint density at radius 1 is 0.957 bits per heavy atom. The van der Waals surface area contributed by atoms with E-state index < -0.39 is 0 Å². The van der Waals surface area contributed by atoms with Crippen LogP contribution in [0.5, 0.6) is 17.2 Å². The molecule has 2 aromatic carbocycles. The lowest BCUT2D eigenvalue weighted by molar-refractivity contribution is 0.0770. The van der Waals surface area contributed by atoms with Crippen molar-refractivity contribution in [3.05, 3.63) is 54.1 Å². The molecular formula is C18H21NO4. The van der Waals surface area contributed by atoms with Crippen LogP contribution in [-0.2, 0) is 0 Å². The zero-order valence-corrected chi connectivity index (χ0v) is 13.6. The molecule has 0 heterocycles. The van der Waals surface area contributed by atoms with Gasteiger partial charge >= 0.3 is 0 Å². The molecule has 0 atom stereocenters. The molecule has 0 aliphatic carbocycles. The smallest absolute Gasteiger partial charge is 0.257 e. The lowest BCUT2D eigenvalue weighted by Gasteiger charge is -2.19. The van der Waals surface area contributed by atoms with E-state index in [9.17, 15) is 4.79 Å². The Morgan fingerprint density at radius 3 is 2.26 bits per heavy atom. The first-order valence-electron chi connectivity index (χ1n) is 7.31.